The minimum atomic E-state index is -3.13. The van der Waals surface area contributed by atoms with E-state index in [1.807, 2.05) is 0 Å². The van der Waals surface area contributed by atoms with Gasteiger partial charge in [0.2, 0.25) is 0 Å². The Morgan fingerprint density at radius 2 is 1.20 bits per heavy atom. The van der Waals surface area contributed by atoms with E-state index in [1.165, 1.54) is 0 Å². The second kappa shape index (κ2) is 22.5. The smallest absolute Gasteiger partial charge is 0.855 e. The summed E-state index contributed by atoms with van der Waals surface area (Å²) in [5.74, 6) is 0. The first kappa shape index (κ1) is 22.7. The fraction of sp³-hybridized carbons (Fsp3) is 1.00. The van der Waals surface area contributed by atoms with Gasteiger partial charge in [-0.05, 0) is 0 Å². The van der Waals surface area contributed by atoms with E-state index in [1.54, 1.807) is 0 Å². The van der Waals surface area contributed by atoms with E-state index in [9.17, 15) is 0 Å². The number of hydrogen-bond acceptors (Lipinski definition) is 3. The predicted molar refractivity (Wildman–Crippen MR) is 23.2 cm³/mol. The molecule has 0 aromatic carbocycles. The molecule has 0 rings (SSSR count). The third-order valence-electron chi connectivity index (χ3n) is 0.0833. The van der Waals surface area contributed by atoms with Crippen LogP contribution in [0.2, 0.25) is 0 Å². The third kappa shape index (κ3) is 87.9. The van der Waals surface area contributed by atoms with Gasteiger partial charge in [-0.2, -0.15) is 13.2 Å². The van der Waals surface area contributed by atoms with Crippen molar-refractivity contribution < 1.29 is 83.7 Å². The van der Waals surface area contributed by atoms with E-state index in [0.29, 0.717) is 0 Å². The molecule has 0 radical (unpaired) electrons. The Hall–Kier alpha value is 2.07. The van der Waals surface area contributed by atoms with Gasteiger partial charge in [0.25, 0.3) is 0 Å². The molecule has 0 amide bonds. The van der Waals surface area contributed by atoms with Crippen molar-refractivity contribution in [2.45, 2.75) is 0 Å². The summed E-state index contributed by atoms with van der Waals surface area (Å²) in [5.41, 5.74) is 0. The van der Waals surface area contributed by atoms with Gasteiger partial charge in [0.15, 0.2) is 0 Å². The van der Waals surface area contributed by atoms with Crippen LogP contribution >= 0.6 is 8.25 Å². The SMILES string of the molecule is O=[PH](O)O.[Na+].[Na+].[O-]CC[O-]. The first-order valence-electron chi connectivity index (χ1n) is 1.73. The van der Waals surface area contributed by atoms with E-state index >= 15 is 0 Å². The van der Waals surface area contributed by atoms with Gasteiger partial charge in [-0.1, -0.05) is 0 Å². The molecule has 0 aromatic rings. The summed E-state index contributed by atoms with van der Waals surface area (Å²) in [7, 11) is -3.13. The fourth-order valence-corrected chi connectivity index (χ4v) is 0. The van der Waals surface area contributed by atoms with Crippen molar-refractivity contribution in [2.75, 3.05) is 13.2 Å². The molecular formula is C2H7Na2O5P. The van der Waals surface area contributed by atoms with Gasteiger partial charge in [-0.15, -0.1) is 0 Å². The molecule has 0 aliphatic carbocycles. The largest absolute Gasteiger partial charge is 1.00 e. The van der Waals surface area contributed by atoms with Crippen LogP contribution in [0.1, 0.15) is 0 Å². The van der Waals surface area contributed by atoms with Crippen molar-refractivity contribution in [3.05, 3.63) is 0 Å². The Labute approximate surface area is 104 Å². The van der Waals surface area contributed by atoms with Crippen molar-refractivity contribution in [2.24, 2.45) is 0 Å². The van der Waals surface area contributed by atoms with Gasteiger partial charge in [-0.25, -0.2) is 0 Å². The Kier molecular flexibility index (Phi) is 51.0. The van der Waals surface area contributed by atoms with Crippen molar-refractivity contribution in [1.29, 1.82) is 0 Å². The standard InChI is InChI=1S/C2H4O2.2Na.H3O3P/c3-1-2-4;;;1-4(2)3/h1-2H2;;;4H,(H2,1,2,3)/q-2;2*+1;. The molecule has 10 heavy (non-hydrogen) atoms. The van der Waals surface area contributed by atoms with Crippen LogP contribution < -0.4 is 69.3 Å². The van der Waals surface area contributed by atoms with Gasteiger partial charge >= 0.3 is 67.4 Å². The van der Waals surface area contributed by atoms with E-state index in [2.05, 4.69) is 0 Å². The second-order valence-corrected chi connectivity index (χ2v) is 1.26. The van der Waals surface area contributed by atoms with Gasteiger partial charge in [0.1, 0.15) is 0 Å². The first-order chi connectivity index (χ1) is 3.65. The molecule has 8 heteroatoms. The van der Waals surface area contributed by atoms with Crippen LogP contribution in [-0.4, -0.2) is 23.0 Å². The van der Waals surface area contributed by atoms with Crippen molar-refractivity contribution in [1.82, 2.24) is 0 Å². The molecule has 5 nitrogen and oxygen atoms in total. The molecule has 0 aliphatic rings. The van der Waals surface area contributed by atoms with Crippen molar-refractivity contribution >= 4 is 8.25 Å². The minimum Gasteiger partial charge on any atom is -0.855 e. The normalized spacial score (nSPS) is 6.50. The summed E-state index contributed by atoms with van der Waals surface area (Å²) in [6, 6.07) is 0. The zero-order valence-electron chi connectivity index (χ0n) is 6.03. The zero-order valence-corrected chi connectivity index (χ0v) is 11.0. The van der Waals surface area contributed by atoms with Gasteiger partial charge in [-0.3, -0.25) is 4.57 Å². The van der Waals surface area contributed by atoms with Crippen LogP contribution in [0, 0.1) is 0 Å². The minimum absolute atomic E-state index is 0. The monoisotopic (exact) mass is 188 g/mol. The van der Waals surface area contributed by atoms with E-state index in [4.69, 9.17) is 24.6 Å². The maximum atomic E-state index is 8.99. The van der Waals surface area contributed by atoms with Crippen LogP contribution in [-0.2, 0) is 4.57 Å². The molecule has 0 aliphatic heterocycles. The van der Waals surface area contributed by atoms with Crippen LogP contribution in [0.4, 0.5) is 0 Å². The van der Waals surface area contributed by atoms with Gasteiger partial charge in [0.05, 0.1) is 0 Å². The fourth-order valence-electron chi connectivity index (χ4n) is 0. The third-order valence-corrected chi connectivity index (χ3v) is 0.0833. The molecule has 0 atom stereocenters. The molecule has 0 spiro atoms. The van der Waals surface area contributed by atoms with Crippen LogP contribution in [0.25, 0.3) is 0 Å². The summed E-state index contributed by atoms with van der Waals surface area (Å²) in [4.78, 5) is 14.3. The Morgan fingerprint density at radius 1 is 1.10 bits per heavy atom. The molecular weight excluding hydrogens is 181 g/mol. The molecule has 0 bridgehead atoms. The van der Waals surface area contributed by atoms with Crippen LogP contribution in [0.3, 0.4) is 0 Å². The molecule has 0 aromatic heterocycles. The van der Waals surface area contributed by atoms with E-state index < -0.39 is 21.5 Å². The van der Waals surface area contributed by atoms with E-state index in [0.717, 1.165) is 0 Å². The number of hydrogen-bond donors (Lipinski definition) is 2. The van der Waals surface area contributed by atoms with Crippen molar-refractivity contribution in [3.8, 4) is 0 Å². The van der Waals surface area contributed by atoms with Crippen LogP contribution in [0.15, 0.2) is 0 Å². The van der Waals surface area contributed by atoms with Crippen molar-refractivity contribution in [3.63, 3.8) is 0 Å². The summed E-state index contributed by atoms with van der Waals surface area (Å²) >= 11 is 0. The molecule has 0 unspecified atom stereocenters. The second-order valence-electron chi connectivity index (χ2n) is 0.691. The summed E-state index contributed by atoms with van der Waals surface area (Å²) < 4.78 is 8.74. The molecule has 0 saturated carbocycles. The maximum absolute atomic E-state index is 8.99. The summed E-state index contributed by atoms with van der Waals surface area (Å²) in [6.07, 6.45) is 0. The molecule has 0 fully saturated rings. The maximum Gasteiger partial charge on any atom is 1.00 e. The predicted octanol–water partition coefficient (Wildman–Crippen LogP) is -8.92. The topological polar surface area (TPSA) is 104 Å². The Morgan fingerprint density at radius 3 is 1.20 bits per heavy atom. The van der Waals surface area contributed by atoms with Gasteiger partial charge in [0, 0.05) is 0 Å². The Bertz CT molecular complexity index is 55.6. The summed E-state index contributed by atoms with van der Waals surface area (Å²) in [5, 5.41) is 18.0. The molecule has 2 N–H and O–H groups in total. The molecule has 0 saturated heterocycles. The first-order valence-corrected chi connectivity index (χ1v) is 3.03. The quantitative estimate of drug-likeness (QED) is 0.314. The van der Waals surface area contributed by atoms with Gasteiger partial charge < -0.3 is 20.0 Å². The summed E-state index contributed by atoms with van der Waals surface area (Å²) in [6.45, 7) is -0.972. The van der Waals surface area contributed by atoms with Crippen LogP contribution in [0.5, 0.6) is 0 Å². The number of rotatable bonds is 1. The zero-order chi connectivity index (χ0) is 6.99. The Balaban J connectivity index is -0.0000000300. The van der Waals surface area contributed by atoms with E-state index in [-0.39, 0.29) is 59.1 Å². The average Bonchev–Trinajstić information content (AvgIpc) is 1.65. The molecule has 0 heterocycles. The molecule has 52 valence electrons. The average molecular weight is 188 g/mol.